The predicted octanol–water partition coefficient (Wildman–Crippen LogP) is 2.58. The van der Waals surface area contributed by atoms with E-state index < -0.39 is 10.8 Å². The van der Waals surface area contributed by atoms with Gasteiger partial charge < -0.3 is 15.3 Å². The van der Waals surface area contributed by atoms with Crippen molar-refractivity contribution >= 4 is 22.5 Å². The highest BCUT2D eigenvalue weighted by atomic mass is 32.2. The molecule has 2 amide bonds. The second-order valence-electron chi connectivity index (χ2n) is 6.38. The maximum atomic E-state index is 12.2. The number of amides is 2. The number of nitrogens with zero attached hydrogens (tertiary/aromatic N) is 1. The van der Waals surface area contributed by atoms with Gasteiger partial charge in [0.15, 0.2) is 0 Å². The maximum absolute atomic E-state index is 12.2. The van der Waals surface area contributed by atoms with Crippen LogP contribution in [0.25, 0.3) is 0 Å². The third-order valence-corrected chi connectivity index (χ3v) is 5.37. The third kappa shape index (κ3) is 5.42. The van der Waals surface area contributed by atoms with E-state index in [0.29, 0.717) is 11.4 Å². The first-order valence-corrected chi connectivity index (χ1v) is 8.59. The Morgan fingerprint density at radius 1 is 1.41 bits per heavy atom. The van der Waals surface area contributed by atoms with Crippen LogP contribution in [-0.2, 0) is 16.6 Å². The predicted molar refractivity (Wildman–Crippen MR) is 91.4 cm³/mol. The number of hydrogen-bond donors (Lipinski definition) is 2. The van der Waals surface area contributed by atoms with Gasteiger partial charge in [0.1, 0.15) is 0 Å². The molecule has 2 N–H and O–H groups in total. The van der Waals surface area contributed by atoms with Crippen molar-refractivity contribution in [2.45, 2.75) is 44.2 Å². The molecule has 0 aromatic heterocycles. The van der Waals surface area contributed by atoms with Crippen LogP contribution in [0.2, 0.25) is 0 Å². The highest BCUT2D eigenvalue weighted by Gasteiger charge is 2.20. The van der Waals surface area contributed by atoms with Crippen molar-refractivity contribution in [2.24, 2.45) is 0 Å². The number of rotatable bonds is 5. The number of carbonyl (C=O) groups excluding carboxylic acids is 1. The Morgan fingerprint density at radius 3 is 2.59 bits per heavy atom. The molecule has 0 spiro atoms. The van der Waals surface area contributed by atoms with Crippen molar-refractivity contribution in [3.63, 3.8) is 0 Å². The van der Waals surface area contributed by atoms with E-state index in [9.17, 15) is 9.00 Å². The fourth-order valence-corrected chi connectivity index (χ4v) is 2.56. The topological polar surface area (TPSA) is 69.6 Å². The quantitative estimate of drug-likeness (QED) is 0.874. The van der Waals surface area contributed by atoms with Crippen LogP contribution >= 0.6 is 0 Å². The van der Waals surface area contributed by atoms with Gasteiger partial charge in [0.25, 0.3) is 0 Å². The van der Waals surface area contributed by atoms with Gasteiger partial charge in [-0.2, -0.15) is 0 Å². The first-order chi connectivity index (χ1) is 10.1. The molecule has 124 valence electrons. The van der Waals surface area contributed by atoms with Crippen LogP contribution in [0.15, 0.2) is 24.3 Å². The first-order valence-electron chi connectivity index (χ1n) is 7.27. The molecular weight excluding hydrogens is 300 g/mol. The molecular formula is C16H26N2O3S. The first kappa shape index (κ1) is 18.6. The molecule has 0 saturated heterocycles. The number of carbonyl (C=O) groups is 1. The van der Waals surface area contributed by atoms with Gasteiger partial charge in [0, 0.05) is 34.0 Å². The molecule has 0 bridgehead atoms. The van der Waals surface area contributed by atoms with Crippen molar-refractivity contribution in [2.75, 3.05) is 19.0 Å². The number of urea groups is 1. The molecule has 5 nitrogen and oxygen atoms in total. The molecule has 22 heavy (non-hydrogen) atoms. The van der Waals surface area contributed by atoms with Gasteiger partial charge in [-0.25, -0.2) is 4.79 Å². The molecule has 0 aliphatic carbocycles. The number of likely N-dealkylation sites (N-methyl/N-ethyl adjacent to an activating group) is 1. The minimum Gasteiger partial charge on any atom is -0.394 e. The molecule has 0 radical (unpaired) electrons. The zero-order valence-corrected chi connectivity index (χ0v) is 14.7. The van der Waals surface area contributed by atoms with E-state index in [2.05, 4.69) is 5.32 Å². The number of hydrogen-bond acceptors (Lipinski definition) is 3. The molecule has 1 aromatic carbocycles. The highest BCUT2D eigenvalue weighted by Crippen LogP contribution is 2.19. The van der Waals surface area contributed by atoms with Crippen molar-refractivity contribution in [1.29, 1.82) is 0 Å². The monoisotopic (exact) mass is 326 g/mol. The average molecular weight is 326 g/mol. The minimum atomic E-state index is -0.983. The molecule has 2 atom stereocenters. The number of anilines is 1. The van der Waals surface area contributed by atoms with Crippen LogP contribution in [-0.4, -0.2) is 44.7 Å². The van der Waals surface area contributed by atoms with E-state index in [0.717, 1.165) is 5.56 Å². The van der Waals surface area contributed by atoms with E-state index in [1.54, 1.807) is 20.0 Å². The largest absolute Gasteiger partial charge is 0.394 e. The summed E-state index contributed by atoms with van der Waals surface area (Å²) in [6, 6.07) is 6.82. The summed E-state index contributed by atoms with van der Waals surface area (Å²) >= 11 is 0. The molecule has 1 aromatic rings. The number of aliphatic hydroxyl groups excluding tert-OH is 1. The lowest BCUT2D eigenvalue weighted by atomic mass is 10.2. The molecule has 0 aliphatic rings. The second-order valence-corrected chi connectivity index (χ2v) is 8.58. The smallest absolute Gasteiger partial charge is 0.321 e. The van der Waals surface area contributed by atoms with Gasteiger partial charge >= 0.3 is 6.03 Å². The number of benzene rings is 1. The van der Waals surface area contributed by atoms with Crippen molar-refractivity contribution < 1.29 is 14.1 Å². The summed E-state index contributed by atoms with van der Waals surface area (Å²) in [6.07, 6.45) is 0. The van der Waals surface area contributed by atoms with Gasteiger partial charge in [-0.1, -0.05) is 12.1 Å². The Labute approximate surface area is 135 Å². The summed E-state index contributed by atoms with van der Waals surface area (Å²) in [7, 11) is 0.651. The number of aliphatic hydroxyl groups is 1. The van der Waals surface area contributed by atoms with Crippen LogP contribution in [0.5, 0.6) is 0 Å². The molecule has 0 saturated carbocycles. The summed E-state index contributed by atoms with van der Waals surface area (Å²) < 4.78 is 11.9. The van der Waals surface area contributed by atoms with Crippen LogP contribution in [0.3, 0.4) is 0 Å². The van der Waals surface area contributed by atoms with E-state index in [-0.39, 0.29) is 23.4 Å². The minimum absolute atomic E-state index is 0.0888. The van der Waals surface area contributed by atoms with Crippen LogP contribution in [0, 0.1) is 0 Å². The lowest BCUT2D eigenvalue weighted by Gasteiger charge is -2.23. The van der Waals surface area contributed by atoms with E-state index in [1.165, 1.54) is 4.90 Å². The third-order valence-electron chi connectivity index (χ3n) is 3.40. The van der Waals surface area contributed by atoms with E-state index in [1.807, 2.05) is 39.0 Å². The fourth-order valence-electron chi connectivity index (χ4n) is 1.64. The van der Waals surface area contributed by atoms with E-state index in [4.69, 9.17) is 5.11 Å². The van der Waals surface area contributed by atoms with Crippen LogP contribution in [0.1, 0.15) is 33.3 Å². The lowest BCUT2D eigenvalue weighted by Crippen LogP contribution is -2.40. The Balaban J connectivity index is 2.76. The van der Waals surface area contributed by atoms with Crippen LogP contribution in [0.4, 0.5) is 10.5 Å². The Bertz CT molecular complexity index is 540. The number of nitrogens with one attached hydrogen (secondary N) is 1. The lowest BCUT2D eigenvalue weighted by molar-refractivity contribution is 0.166. The van der Waals surface area contributed by atoms with Crippen molar-refractivity contribution in [3.05, 3.63) is 29.8 Å². The molecule has 0 aliphatic heterocycles. The van der Waals surface area contributed by atoms with Gasteiger partial charge in [-0.05, 0) is 45.4 Å². The molecule has 0 heterocycles. The molecule has 1 rings (SSSR count). The van der Waals surface area contributed by atoms with E-state index >= 15 is 0 Å². The Kier molecular flexibility index (Phi) is 6.56. The summed E-state index contributed by atoms with van der Waals surface area (Å²) in [5.74, 6) is 0.454. The van der Waals surface area contributed by atoms with Gasteiger partial charge in [0.05, 0.1) is 12.6 Å². The second kappa shape index (κ2) is 7.74. The summed E-state index contributed by atoms with van der Waals surface area (Å²) in [5, 5.41) is 11.9. The SMILES string of the molecule is CC(CO)N(C)C(=O)Nc1cccc(CS(=O)C(C)(C)C)c1. The summed E-state index contributed by atoms with van der Waals surface area (Å²) in [5.41, 5.74) is 1.58. The maximum Gasteiger partial charge on any atom is 0.321 e. The van der Waals surface area contributed by atoms with Crippen molar-refractivity contribution in [3.8, 4) is 0 Å². The average Bonchev–Trinajstić information content (AvgIpc) is 2.44. The standard InChI is InChI=1S/C16H26N2O3S/c1-12(10-19)18(5)15(20)17-14-8-6-7-13(9-14)11-22(21)16(2,3)4/h6-9,12,19H,10-11H2,1-5H3,(H,17,20). The zero-order valence-electron chi connectivity index (χ0n) is 13.9. The Morgan fingerprint density at radius 2 is 2.05 bits per heavy atom. The highest BCUT2D eigenvalue weighted by molar-refractivity contribution is 7.85. The normalized spacial score (nSPS) is 14.3. The summed E-state index contributed by atoms with van der Waals surface area (Å²) in [4.78, 5) is 13.5. The van der Waals surface area contributed by atoms with Crippen LogP contribution < -0.4 is 5.32 Å². The molecule has 0 fully saturated rings. The van der Waals surface area contributed by atoms with Gasteiger partial charge in [-0.3, -0.25) is 4.21 Å². The molecule has 6 heteroatoms. The fraction of sp³-hybridized carbons (Fsp3) is 0.562. The van der Waals surface area contributed by atoms with Crippen molar-refractivity contribution in [1.82, 2.24) is 4.90 Å². The Hall–Kier alpha value is -1.40. The van der Waals surface area contributed by atoms with Gasteiger partial charge in [-0.15, -0.1) is 0 Å². The van der Waals surface area contributed by atoms with Gasteiger partial charge in [0.2, 0.25) is 0 Å². The summed E-state index contributed by atoms with van der Waals surface area (Å²) in [6.45, 7) is 7.51. The molecule has 2 unspecified atom stereocenters. The zero-order chi connectivity index (χ0) is 16.9.